The SMILES string of the molecule is O=C1OCC[C@@H]1N1CCO[C@H](c2cc(F)c(Cl)cc2Cl)C1. The van der Waals surface area contributed by atoms with Crippen molar-refractivity contribution in [1.82, 2.24) is 4.90 Å². The van der Waals surface area contributed by atoms with Gasteiger partial charge in [0.25, 0.3) is 0 Å². The molecule has 0 radical (unpaired) electrons. The van der Waals surface area contributed by atoms with Gasteiger partial charge in [-0.25, -0.2) is 4.39 Å². The first-order valence-electron chi connectivity index (χ1n) is 6.73. The molecule has 0 aromatic heterocycles. The zero-order valence-electron chi connectivity index (χ0n) is 11.2. The lowest BCUT2D eigenvalue weighted by Crippen LogP contribution is -2.46. The maximum atomic E-state index is 13.6. The van der Waals surface area contributed by atoms with Crippen molar-refractivity contribution in [2.75, 3.05) is 26.3 Å². The second-order valence-corrected chi connectivity index (χ2v) is 5.93. The van der Waals surface area contributed by atoms with Gasteiger partial charge in [-0.05, 0) is 12.1 Å². The Morgan fingerprint density at radius 2 is 2.05 bits per heavy atom. The van der Waals surface area contributed by atoms with E-state index in [0.717, 1.165) is 0 Å². The molecule has 2 aliphatic heterocycles. The molecule has 1 aromatic carbocycles. The highest BCUT2D eigenvalue weighted by Crippen LogP contribution is 2.33. The van der Waals surface area contributed by atoms with Gasteiger partial charge in [0, 0.05) is 30.1 Å². The largest absolute Gasteiger partial charge is 0.464 e. The van der Waals surface area contributed by atoms with E-state index in [2.05, 4.69) is 0 Å². The molecule has 21 heavy (non-hydrogen) atoms. The molecule has 2 saturated heterocycles. The first kappa shape index (κ1) is 15.0. The van der Waals surface area contributed by atoms with Crippen LogP contribution in [0.4, 0.5) is 4.39 Å². The molecule has 2 aliphatic rings. The van der Waals surface area contributed by atoms with E-state index in [4.69, 9.17) is 32.7 Å². The number of carbonyl (C=O) groups is 1. The van der Waals surface area contributed by atoms with Crippen molar-refractivity contribution in [3.05, 3.63) is 33.6 Å². The smallest absolute Gasteiger partial charge is 0.323 e. The molecular weight excluding hydrogens is 320 g/mol. The molecule has 3 rings (SSSR count). The number of cyclic esters (lactones) is 1. The number of carbonyl (C=O) groups excluding carboxylic acids is 1. The van der Waals surface area contributed by atoms with Gasteiger partial charge in [0.05, 0.1) is 24.3 Å². The van der Waals surface area contributed by atoms with Crippen LogP contribution in [0.5, 0.6) is 0 Å². The first-order valence-corrected chi connectivity index (χ1v) is 7.48. The van der Waals surface area contributed by atoms with Crippen LogP contribution in [-0.2, 0) is 14.3 Å². The molecule has 0 spiro atoms. The molecular formula is C14H14Cl2FNO3. The van der Waals surface area contributed by atoms with Gasteiger partial charge in [-0.1, -0.05) is 23.2 Å². The lowest BCUT2D eigenvalue weighted by molar-refractivity contribution is -0.144. The van der Waals surface area contributed by atoms with E-state index in [0.29, 0.717) is 43.3 Å². The van der Waals surface area contributed by atoms with Gasteiger partial charge < -0.3 is 9.47 Å². The Kier molecular flexibility index (Phi) is 4.36. The molecule has 0 amide bonds. The standard InChI is InChI=1S/C14H14Cl2FNO3/c15-9-6-10(16)11(17)5-8(9)13-7-18(2-4-20-13)12-1-3-21-14(12)19/h5-6,12-13H,1-4,7H2/t12-,13-/m0/s1. The summed E-state index contributed by atoms with van der Waals surface area (Å²) in [5, 5.41) is 0.345. The Morgan fingerprint density at radius 1 is 1.24 bits per heavy atom. The summed E-state index contributed by atoms with van der Waals surface area (Å²) in [5.41, 5.74) is 0.551. The number of morpholine rings is 1. The summed E-state index contributed by atoms with van der Waals surface area (Å²) in [4.78, 5) is 13.7. The fraction of sp³-hybridized carbons (Fsp3) is 0.500. The minimum Gasteiger partial charge on any atom is -0.464 e. The molecule has 0 aliphatic carbocycles. The number of hydrogen-bond donors (Lipinski definition) is 0. The van der Waals surface area contributed by atoms with E-state index >= 15 is 0 Å². The number of hydrogen-bond acceptors (Lipinski definition) is 4. The fourth-order valence-electron chi connectivity index (χ4n) is 2.74. The third kappa shape index (κ3) is 3.01. The zero-order chi connectivity index (χ0) is 15.0. The highest BCUT2D eigenvalue weighted by molar-refractivity contribution is 6.35. The summed E-state index contributed by atoms with van der Waals surface area (Å²) in [6.07, 6.45) is 0.292. The van der Waals surface area contributed by atoms with Crippen molar-refractivity contribution in [3.8, 4) is 0 Å². The molecule has 0 bridgehead atoms. The van der Waals surface area contributed by atoms with Crippen molar-refractivity contribution in [2.45, 2.75) is 18.6 Å². The molecule has 114 valence electrons. The molecule has 0 saturated carbocycles. The van der Waals surface area contributed by atoms with Crippen LogP contribution in [0.3, 0.4) is 0 Å². The summed E-state index contributed by atoms with van der Waals surface area (Å²) in [6.45, 7) is 2.02. The van der Waals surface area contributed by atoms with Crippen molar-refractivity contribution < 1.29 is 18.7 Å². The summed E-state index contributed by atoms with van der Waals surface area (Å²) >= 11 is 11.8. The van der Waals surface area contributed by atoms with Gasteiger partial charge in [-0.2, -0.15) is 0 Å². The van der Waals surface area contributed by atoms with E-state index in [1.165, 1.54) is 12.1 Å². The summed E-state index contributed by atoms with van der Waals surface area (Å²) in [7, 11) is 0. The molecule has 1 aromatic rings. The summed E-state index contributed by atoms with van der Waals surface area (Å²) in [5.74, 6) is -0.735. The Balaban J connectivity index is 1.80. The Labute approximate surface area is 131 Å². The van der Waals surface area contributed by atoms with E-state index in [1.807, 2.05) is 4.90 Å². The average molecular weight is 334 g/mol. The van der Waals surface area contributed by atoms with Crippen LogP contribution in [0.2, 0.25) is 10.0 Å². The van der Waals surface area contributed by atoms with E-state index in [1.54, 1.807) is 0 Å². The van der Waals surface area contributed by atoms with Crippen molar-refractivity contribution in [3.63, 3.8) is 0 Å². The number of benzene rings is 1. The second kappa shape index (κ2) is 6.08. The Hall–Kier alpha value is -0.880. The zero-order valence-corrected chi connectivity index (χ0v) is 12.7. The highest BCUT2D eigenvalue weighted by atomic mass is 35.5. The van der Waals surface area contributed by atoms with Gasteiger partial charge in [0.15, 0.2) is 0 Å². The van der Waals surface area contributed by atoms with Gasteiger partial charge in [0.1, 0.15) is 11.9 Å². The van der Waals surface area contributed by atoms with Crippen LogP contribution in [0, 0.1) is 5.82 Å². The Bertz CT molecular complexity index is 569. The third-order valence-corrected chi connectivity index (χ3v) is 4.45. The van der Waals surface area contributed by atoms with Crippen molar-refractivity contribution in [1.29, 1.82) is 0 Å². The topological polar surface area (TPSA) is 38.8 Å². The molecule has 7 heteroatoms. The molecule has 0 unspecified atom stereocenters. The highest BCUT2D eigenvalue weighted by Gasteiger charge is 2.36. The van der Waals surface area contributed by atoms with Gasteiger partial charge in [-0.3, -0.25) is 9.69 Å². The minimum absolute atomic E-state index is 0.0178. The van der Waals surface area contributed by atoms with E-state index in [-0.39, 0.29) is 23.1 Å². The van der Waals surface area contributed by atoms with Crippen molar-refractivity contribution in [2.24, 2.45) is 0 Å². The lowest BCUT2D eigenvalue weighted by atomic mass is 10.1. The van der Waals surface area contributed by atoms with E-state index < -0.39 is 5.82 Å². The van der Waals surface area contributed by atoms with Crippen molar-refractivity contribution >= 4 is 29.2 Å². The molecule has 2 atom stereocenters. The van der Waals surface area contributed by atoms with Crippen LogP contribution in [0.25, 0.3) is 0 Å². The minimum atomic E-state index is -0.530. The predicted octanol–water partition coefficient (Wildman–Crippen LogP) is 2.82. The third-order valence-electron chi connectivity index (χ3n) is 3.83. The fourth-order valence-corrected chi connectivity index (χ4v) is 3.25. The molecule has 2 fully saturated rings. The summed E-state index contributed by atoms with van der Waals surface area (Å²) in [6, 6.07) is 2.43. The molecule has 0 N–H and O–H groups in total. The maximum Gasteiger partial charge on any atom is 0.323 e. The molecule has 4 nitrogen and oxygen atoms in total. The predicted molar refractivity (Wildman–Crippen MR) is 76.1 cm³/mol. The van der Waals surface area contributed by atoms with Crippen LogP contribution in [-0.4, -0.2) is 43.2 Å². The monoisotopic (exact) mass is 333 g/mol. The van der Waals surface area contributed by atoms with Gasteiger partial charge >= 0.3 is 5.97 Å². The average Bonchev–Trinajstić information content (AvgIpc) is 2.89. The van der Waals surface area contributed by atoms with Crippen LogP contribution in [0.15, 0.2) is 12.1 Å². The number of esters is 1. The van der Waals surface area contributed by atoms with Gasteiger partial charge in [-0.15, -0.1) is 0 Å². The number of nitrogens with zero attached hydrogens (tertiary/aromatic N) is 1. The quantitative estimate of drug-likeness (QED) is 0.616. The first-order chi connectivity index (χ1) is 10.1. The number of rotatable bonds is 2. The number of ether oxygens (including phenoxy) is 2. The second-order valence-electron chi connectivity index (χ2n) is 5.11. The van der Waals surface area contributed by atoms with E-state index in [9.17, 15) is 9.18 Å². The lowest BCUT2D eigenvalue weighted by Gasteiger charge is -2.35. The maximum absolute atomic E-state index is 13.6. The number of halogens is 3. The van der Waals surface area contributed by atoms with Gasteiger partial charge in [0.2, 0.25) is 0 Å². The summed E-state index contributed by atoms with van der Waals surface area (Å²) < 4.78 is 24.3. The Morgan fingerprint density at radius 3 is 2.76 bits per heavy atom. The normalized spacial score (nSPS) is 26.9. The van der Waals surface area contributed by atoms with Crippen LogP contribution >= 0.6 is 23.2 Å². The molecule has 2 heterocycles. The van der Waals surface area contributed by atoms with Crippen LogP contribution < -0.4 is 0 Å². The van der Waals surface area contributed by atoms with Crippen LogP contribution in [0.1, 0.15) is 18.1 Å².